The smallest absolute Gasteiger partial charge is 0.326 e. The standard InChI is InChI=1S/C12H20N2O5/c1-2-14(8-5-3-4-6-8)12(19)13-9(11(17)18)7-10(15)16/h8-9H,2-7H2,1H3,(H,13,19)(H,15,16)(H,17,18)/t9-/m0/s1. The van der Waals surface area contributed by atoms with E-state index in [9.17, 15) is 14.4 Å². The van der Waals surface area contributed by atoms with Gasteiger partial charge in [0.15, 0.2) is 0 Å². The van der Waals surface area contributed by atoms with Gasteiger partial charge in [-0.1, -0.05) is 12.8 Å². The lowest BCUT2D eigenvalue weighted by Gasteiger charge is -2.29. The molecule has 7 heteroatoms. The number of rotatable bonds is 6. The minimum absolute atomic E-state index is 0.129. The van der Waals surface area contributed by atoms with E-state index >= 15 is 0 Å². The third-order valence-electron chi connectivity index (χ3n) is 3.34. The zero-order chi connectivity index (χ0) is 14.4. The third kappa shape index (κ3) is 4.42. The van der Waals surface area contributed by atoms with Gasteiger partial charge in [-0.2, -0.15) is 0 Å². The van der Waals surface area contributed by atoms with Crippen molar-refractivity contribution < 1.29 is 24.6 Å². The fourth-order valence-corrected chi connectivity index (χ4v) is 2.39. The minimum atomic E-state index is -1.39. The first-order chi connectivity index (χ1) is 8.95. The summed E-state index contributed by atoms with van der Waals surface area (Å²) in [6, 6.07) is -1.76. The Balaban J connectivity index is 2.63. The predicted molar refractivity (Wildman–Crippen MR) is 66.8 cm³/mol. The molecule has 1 fully saturated rings. The molecule has 1 saturated carbocycles. The molecule has 0 saturated heterocycles. The third-order valence-corrected chi connectivity index (χ3v) is 3.34. The number of carbonyl (C=O) groups excluding carboxylic acids is 1. The van der Waals surface area contributed by atoms with E-state index < -0.39 is 30.4 Å². The van der Waals surface area contributed by atoms with E-state index in [2.05, 4.69) is 5.32 Å². The van der Waals surface area contributed by atoms with Crippen molar-refractivity contribution in [3.8, 4) is 0 Å². The molecule has 1 aliphatic rings. The molecule has 1 rings (SSSR count). The molecule has 0 unspecified atom stereocenters. The summed E-state index contributed by atoms with van der Waals surface area (Å²) in [6.45, 7) is 2.31. The molecule has 0 aromatic heterocycles. The Morgan fingerprint density at radius 3 is 2.26 bits per heavy atom. The van der Waals surface area contributed by atoms with Gasteiger partial charge in [0.25, 0.3) is 0 Å². The highest BCUT2D eigenvalue weighted by Gasteiger charge is 2.29. The molecule has 0 radical (unpaired) electrons. The summed E-state index contributed by atoms with van der Waals surface area (Å²) in [4.78, 5) is 35.1. The van der Waals surface area contributed by atoms with Crippen LogP contribution in [0.5, 0.6) is 0 Å². The summed E-state index contributed by atoms with van der Waals surface area (Å²) in [7, 11) is 0. The van der Waals surface area contributed by atoms with Crippen molar-refractivity contribution in [2.45, 2.75) is 51.1 Å². The topological polar surface area (TPSA) is 107 Å². The maximum absolute atomic E-state index is 12.0. The molecule has 1 atom stereocenters. The van der Waals surface area contributed by atoms with E-state index in [4.69, 9.17) is 10.2 Å². The molecule has 0 bridgehead atoms. The Morgan fingerprint density at radius 2 is 1.84 bits per heavy atom. The van der Waals surface area contributed by atoms with Gasteiger partial charge in [0.1, 0.15) is 6.04 Å². The molecule has 0 aromatic carbocycles. The molecule has 19 heavy (non-hydrogen) atoms. The molecular weight excluding hydrogens is 252 g/mol. The second-order valence-electron chi connectivity index (χ2n) is 4.66. The lowest BCUT2D eigenvalue weighted by molar-refractivity contribution is -0.145. The number of urea groups is 1. The minimum Gasteiger partial charge on any atom is -0.481 e. The lowest BCUT2D eigenvalue weighted by Crippen LogP contribution is -2.51. The fourth-order valence-electron chi connectivity index (χ4n) is 2.39. The average Bonchev–Trinajstić information content (AvgIpc) is 2.82. The maximum atomic E-state index is 12.0. The number of nitrogens with one attached hydrogen (secondary N) is 1. The summed E-state index contributed by atoms with van der Waals surface area (Å²) in [5.74, 6) is -2.59. The number of hydrogen-bond acceptors (Lipinski definition) is 3. The number of carbonyl (C=O) groups is 3. The second-order valence-corrected chi connectivity index (χ2v) is 4.66. The monoisotopic (exact) mass is 272 g/mol. The van der Waals surface area contributed by atoms with E-state index in [1.165, 1.54) is 0 Å². The average molecular weight is 272 g/mol. The number of carboxylic acid groups (broad SMARTS) is 2. The van der Waals surface area contributed by atoms with Crippen LogP contribution in [0.4, 0.5) is 4.79 Å². The Hall–Kier alpha value is -1.79. The first-order valence-corrected chi connectivity index (χ1v) is 6.47. The molecule has 7 nitrogen and oxygen atoms in total. The number of amides is 2. The van der Waals surface area contributed by atoms with Crippen molar-refractivity contribution in [3.63, 3.8) is 0 Å². The largest absolute Gasteiger partial charge is 0.481 e. The van der Waals surface area contributed by atoms with Crippen LogP contribution in [-0.2, 0) is 9.59 Å². The van der Waals surface area contributed by atoms with Crippen LogP contribution >= 0.6 is 0 Å². The molecular formula is C12H20N2O5. The molecule has 0 aliphatic heterocycles. The van der Waals surface area contributed by atoms with Crippen molar-refractivity contribution in [1.29, 1.82) is 0 Å². The second kappa shape index (κ2) is 6.96. The van der Waals surface area contributed by atoms with Crippen molar-refractivity contribution in [1.82, 2.24) is 10.2 Å². The van der Waals surface area contributed by atoms with Crippen LogP contribution in [0.1, 0.15) is 39.0 Å². The molecule has 2 amide bonds. The fraction of sp³-hybridized carbons (Fsp3) is 0.750. The van der Waals surface area contributed by atoms with Crippen molar-refractivity contribution >= 4 is 18.0 Å². The first kappa shape index (κ1) is 15.3. The van der Waals surface area contributed by atoms with Crippen LogP contribution in [0.2, 0.25) is 0 Å². The summed E-state index contributed by atoms with van der Waals surface area (Å²) in [5.41, 5.74) is 0. The highest BCUT2D eigenvalue weighted by molar-refractivity contribution is 5.86. The Bertz CT molecular complexity index is 352. The quantitative estimate of drug-likeness (QED) is 0.665. The Kier molecular flexibility index (Phi) is 5.59. The highest BCUT2D eigenvalue weighted by Crippen LogP contribution is 2.23. The zero-order valence-electron chi connectivity index (χ0n) is 11.0. The van der Waals surface area contributed by atoms with Crippen molar-refractivity contribution in [3.05, 3.63) is 0 Å². The molecule has 0 heterocycles. The predicted octanol–water partition coefficient (Wildman–Crippen LogP) is 0.888. The van der Waals surface area contributed by atoms with Gasteiger partial charge in [0.2, 0.25) is 0 Å². The number of carboxylic acids is 2. The zero-order valence-corrected chi connectivity index (χ0v) is 11.0. The number of hydrogen-bond donors (Lipinski definition) is 3. The first-order valence-electron chi connectivity index (χ1n) is 6.47. The summed E-state index contributed by atoms with van der Waals surface area (Å²) >= 11 is 0. The molecule has 0 aromatic rings. The summed E-state index contributed by atoms with van der Waals surface area (Å²) < 4.78 is 0. The van der Waals surface area contributed by atoms with Crippen LogP contribution in [0.25, 0.3) is 0 Å². The van der Waals surface area contributed by atoms with Gasteiger partial charge < -0.3 is 20.4 Å². The van der Waals surface area contributed by atoms with Crippen LogP contribution in [0.15, 0.2) is 0 Å². The van der Waals surface area contributed by atoms with E-state index in [1.54, 1.807) is 4.90 Å². The molecule has 3 N–H and O–H groups in total. The van der Waals surface area contributed by atoms with Crippen LogP contribution in [0, 0.1) is 0 Å². The van der Waals surface area contributed by atoms with Gasteiger partial charge in [-0.15, -0.1) is 0 Å². The molecule has 1 aliphatic carbocycles. The summed E-state index contributed by atoms with van der Waals surface area (Å²) in [5, 5.41) is 19.8. The van der Waals surface area contributed by atoms with Crippen LogP contribution < -0.4 is 5.32 Å². The van der Waals surface area contributed by atoms with Gasteiger partial charge in [-0.25, -0.2) is 9.59 Å². The highest BCUT2D eigenvalue weighted by atomic mass is 16.4. The van der Waals surface area contributed by atoms with Gasteiger partial charge in [-0.3, -0.25) is 4.79 Å². The lowest BCUT2D eigenvalue weighted by atomic mass is 10.2. The number of aliphatic carboxylic acids is 2. The van der Waals surface area contributed by atoms with Crippen molar-refractivity contribution in [2.75, 3.05) is 6.54 Å². The van der Waals surface area contributed by atoms with E-state index in [1.807, 2.05) is 6.92 Å². The Labute approximate surface area is 111 Å². The van der Waals surface area contributed by atoms with Crippen LogP contribution in [-0.4, -0.2) is 51.7 Å². The normalized spacial score (nSPS) is 16.9. The molecule has 0 spiro atoms. The molecule has 108 valence electrons. The van der Waals surface area contributed by atoms with Gasteiger partial charge >= 0.3 is 18.0 Å². The van der Waals surface area contributed by atoms with Gasteiger partial charge in [-0.05, 0) is 19.8 Å². The van der Waals surface area contributed by atoms with Crippen molar-refractivity contribution in [2.24, 2.45) is 0 Å². The van der Waals surface area contributed by atoms with Gasteiger partial charge in [0.05, 0.1) is 6.42 Å². The SMILES string of the molecule is CCN(C(=O)N[C@@H](CC(=O)O)C(=O)O)C1CCCC1. The van der Waals surface area contributed by atoms with Crippen LogP contribution in [0.3, 0.4) is 0 Å². The summed E-state index contributed by atoms with van der Waals surface area (Å²) in [6.07, 6.45) is 3.33. The van der Waals surface area contributed by atoms with E-state index in [-0.39, 0.29) is 6.04 Å². The Morgan fingerprint density at radius 1 is 1.26 bits per heavy atom. The maximum Gasteiger partial charge on any atom is 0.326 e. The van der Waals surface area contributed by atoms with E-state index in [0.717, 1.165) is 25.7 Å². The van der Waals surface area contributed by atoms with Gasteiger partial charge in [0, 0.05) is 12.6 Å². The van der Waals surface area contributed by atoms with E-state index in [0.29, 0.717) is 6.54 Å². The number of nitrogens with zero attached hydrogens (tertiary/aromatic N) is 1.